The number of nitrogens with zero attached hydrogens (tertiary/aromatic N) is 1. The molecule has 0 spiro atoms. The third kappa shape index (κ3) is 4.07. The van der Waals surface area contributed by atoms with E-state index >= 15 is 0 Å². The summed E-state index contributed by atoms with van der Waals surface area (Å²) in [6.45, 7) is 6.22. The summed E-state index contributed by atoms with van der Waals surface area (Å²) in [6, 6.07) is 7.01. The zero-order valence-electron chi connectivity index (χ0n) is 13.4. The largest absolute Gasteiger partial charge is 0.339 e. The van der Waals surface area contributed by atoms with E-state index in [1.807, 2.05) is 13.8 Å². The lowest BCUT2D eigenvalue weighted by Gasteiger charge is -2.22. The number of amides is 2. The van der Waals surface area contributed by atoms with Gasteiger partial charge in [0.1, 0.15) is 0 Å². The molecule has 1 aromatic carbocycles. The van der Waals surface area contributed by atoms with Gasteiger partial charge in [0.05, 0.1) is 6.04 Å². The molecule has 2 amide bonds. The van der Waals surface area contributed by atoms with Gasteiger partial charge in [0.2, 0.25) is 5.91 Å². The Morgan fingerprint density at radius 3 is 2.41 bits per heavy atom. The molecule has 1 atom stereocenters. The Kier molecular flexibility index (Phi) is 5.95. The van der Waals surface area contributed by atoms with Crippen molar-refractivity contribution in [1.29, 1.82) is 0 Å². The number of anilines is 1. The number of hydrogen-bond donors (Lipinski definition) is 2. The predicted octanol–water partition coefficient (Wildman–Crippen LogP) is 2.25. The molecule has 5 heteroatoms. The van der Waals surface area contributed by atoms with Gasteiger partial charge in [0.25, 0.3) is 5.91 Å². The zero-order valence-corrected chi connectivity index (χ0v) is 13.4. The number of hydrogen-bond acceptors (Lipinski definition) is 3. The average Bonchev–Trinajstić information content (AvgIpc) is 2.57. The van der Waals surface area contributed by atoms with Gasteiger partial charge in [-0.05, 0) is 57.5 Å². The lowest BCUT2D eigenvalue weighted by atomic mass is 10.0. The first kappa shape index (κ1) is 16.5. The maximum atomic E-state index is 12.2. The monoisotopic (exact) mass is 303 g/mol. The van der Waals surface area contributed by atoms with Crippen molar-refractivity contribution >= 4 is 17.5 Å². The molecule has 2 N–H and O–H groups in total. The number of carbonyl (C=O) groups is 2. The molecule has 0 aliphatic carbocycles. The molecule has 0 saturated carbocycles. The highest BCUT2D eigenvalue weighted by atomic mass is 16.2. The molecule has 1 aliphatic heterocycles. The molecule has 1 unspecified atom stereocenters. The van der Waals surface area contributed by atoms with E-state index in [0.29, 0.717) is 18.7 Å². The first-order valence-electron chi connectivity index (χ1n) is 8.09. The SMILES string of the molecule is CCN(CC)C(=O)c1ccc(NC(=O)C2CCCCN2)cc1. The molecule has 22 heavy (non-hydrogen) atoms. The van der Waals surface area contributed by atoms with E-state index in [1.54, 1.807) is 29.2 Å². The quantitative estimate of drug-likeness (QED) is 0.877. The van der Waals surface area contributed by atoms with Crippen molar-refractivity contribution in [2.75, 3.05) is 25.0 Å². The summed E-state index contributed by atoms with van der Waals surface area (Å²) in [7, 11) is 0. The Labute approximate surface area is 132 Å². The molecule has 0 bridgehead atoms. The number of nitrogens with one attached hydrogen (secondary N) is 2. The highest BCUT2D eigenvalue weighted by molar-refractivity contribution is 5.97. The van der Waals surface area contributed by atoms with Gasteiger partial charge < -0.3 is 15.5 Å². The fraction of sp³-hybridized carbons (Fsp3) is 0.529. The summed E-state index contributed by atoms with van der Waals surface area (Å²) in [6.07, 6.45) is 3.10. The van der Waals surface area contributed by atoms with Crippen molar-refractivity contribution in [3.8, 4) is 0 Å². The molecule has 1 fully saturated rings. The van der Waals surface area contributed by atoms with Crippen LogP contribution in [-0.2, 0) is 4.79 Å². The Morgan fingerprint density at radius 2 is 1.86 bits per heavy atom. The summed E-state index contributed by atoms with van der Waals surface area (Å²) in [4.78, 5) is 26.1. The second-order valence-corrected chi connectivity index (χ2v) is 5.55. The molecule has 1 aliphatic rings. The van der Waals surface area contributed by atoms with Gasteiger partial charge >= 0.3 is 0 Å². The Balaban J connectivity index is 1.96. The lowest BCUT2D eigenvalue weighted by Crippen LogP contribution is -2.43. The van der Waals surface area contributed by atoms with E-state index in [0.717, 1.165) is 31.5 Å². The number of benzene rings is 1. The van der Waals surface area contributed by atoms with Crippen molar-refractivity contribution < 1.29 is 9.59 Å². The molecule has 1 aromatic rings. The van der Waals surface area contributed by atoms with Gasteiger partial charge in [0, 0.05) is 24.3 Å². The van der Waals surface area contributed by atoms with E-state index < -0.39 is 0 Å². The second kappa shape index (κ2) is 7.94. The fourth-order valence-corrected chi connectivity index (χ4v) is 2.69. The molecular weight excluding hydrogens is 278 g/mol. The second-order valence-electron chi connectivity index (χ2n) is 5.55. The molecule has 120 valence electrons. The van der Waals surface area contributed by atoms with Gasteiger partial charge in [-0.3, -0.25) is 9.59 Å². The van der Waals surface area contributed by atoms with Gasteiger partial charge in [-0.15, -0.1) is 0 Å². The normalized spacial score (nSPS) is 17.8. The van der Waals surface area contributed by atoms with Crippen LogP contribution in [0.1, 0.15) is 43.5 Å². The number of carbonyl (C=O) groups excluding carboxylic acids is 2. The Bertz CT molecular complexity index is 503. The Hall–Kier alpha value is -1.88. The highest BCUT2D eigenvalue weighted by Gasteiger charge is 2.20. The van der Waals surface area contributed by atoms with Crippen molar-refractivity contribution in [1.82, 2.24) is 10.2 Å². The van der Waals surface area contributed by atoms with Crippen molar-refractivity contribution in [2.24, 2.45) is 0 Å². The van der Waals surface area contributed by atoms with Crippen LogP contribution in [-0.4, -0.2) is 42.4 Å². The smallest absolute Gasteiger partial charge is 0.253 e. The van der Waals surface area contributed by atoms with Gasteiger partial charge in [-0.2, -0.15) is 0 Å². The molecule has 5 nitrogen and oxygen atoms in total. The minimum Gasteiger partial charge on any atom is -0.339 e. The van der Waals surface area contributed by atoms with Crippen LogP contribution >= 0.6 is 0 Å². The van der Waals surface area contributed by atoms with E-state index in [-0.39, 0.29) is 17.9 Å². The van der Waals surface area contributed by atoms with Crippen LogP contribution < -0.4 is 10.6 Å². The molecule has 2 rings (SSSR count). The van der Waals surface area contributed by atoms with Crippen LogP contribution in [0.15, 0.2) is 24.3 Å². The summed E-state index contributed by atoms with van der Waals surface area (Å²) in [5.41, 5.74) is 1.38. The van der Waals surface area contributed by atoms with E-state index in [4.69, 9.17) is 0 Å². The molecular formula is C17H25N3O2. The molecule has 0 aromatic heterocycles. The van der Waals surface area contributed by atoms with Gasteiger partial charge in [-0.25, -0.2) is 0 Å². The summed E-state index contributed by atoms with van der Waals surface area (Å²) in [5, 5.41) is 6.13. The van der Waals surface area contributed by atoms with Crippen LogP contribution in [0.4, 0.5) is 5.69 Å². The summed E-state index contributed by atoms with van der Waals surface area (Å²) in [5.74, 6) is 0.0272. The van der Waals surface area contributed by atoms with E-state index in [2.05, 4.69) is 10.6 Å². The topological polar surface area (TPSA) is 61.4 Å². The number of piperidine rings is 1. The maximum Gasteiger partial charge on any atom is 0.253 e. The van der Waals surface area contributed by atoms with Crippen LogP contribution in [0.2, 0.25) is 0 Å². The fourth-order valence-electron chi connectivity index (χ4n) is 2.69. The zero-order chi connectivity index (χ0) is 15.9. The van der Waals surface area contributed by atoms with Crippen molar-refractivity contribution in [3.05, 3.63) is 29.8 Å². The minimum atomic E-state index is -0.106. The highest BCUT2D eigenvalue weighted by Crippen LogP contribution is 2.14. The van der Waals surface area contributed by atoms with Crippen molar-refractivity contribution in [3.63, 3.8) is 0 Å². The van der Waals surface area contributed by atoms with Gasteiger partial charge in [0.15, 0.2) is 0 Å². The number of rotatable bonds is 5. The van der Waals surface area contributed by atoms with E-state index in [9.17, 15) is 9.59 Å². The third-order valence-electron chi connectivity index (χ3n) is 4.08. The first-order valence-corrected chi connectivity index (χ1v) is 8.09. The lowest BCUT2D eigenvalue weighted by molar-refractivity contribution is -0.118. The van der Waals surface area contributed by atoms with Crippen LogP contribution in [0, 0.1) is 0 Å². The summed E-state index contributed by atoms with van der Waals surface area (Å²) >= 11 is 0. The first-order chi connectivity index (χ1) is 10.7. The molecule has 0 radical (unpaired) electrons. The standard InChI is InChI=1S/C17H25N3O2/c1-3-20(4-2)17(22)13-8-10-14(11-9-13)19-16(21)15-7-5-6-12-18-15/h8-11,15,18H,3-7,12H2,1-2H3,(H,19,21). The van der Waals surface area contributed by atoms with Crippen LogP contribution in [0.3, 0.4) is 0 Å². The Morgan fingerprint density at radius 1 is 1.18 bits per heavy atom. The average molecular weight is 303 g/mol. The predicted molar refractivity (Wildman–Crippen MR) is 88.0 cm³/mol. The van der Waals surface area contributed by atoms with Gasteiger partial charge in [-0.1, -0.05) is 6.42 Å². The van der Waals surface area contributed by atoms with Crippen molar-refractivity contribution in [2.45, 2.75) is 39.2 Å². The maximum absolute atomic E-state index is 12.2. The van der Waals surface area contributed by atoms with Crippen LogP contribution in [0.5, 0.6) is 0 Å². The van der Waals surface area contributed by atoms with Crippen LogP contribution in [0.25, 0.3) is 0 Å². The molecule has 1 heterocycles. The minimum absolute atomic E-state index is 0.00233. The van der Waals surface area contributed by atoms with E-state index in [1.165, 1.54) is 0 Å². The molecule has 1 saturated heterocycles. The summed E-state index contributed by atoms with van der Waals surface area (Å²) < 4.78 is 0. The third-order valence-corrected chi connectivity index (χ3v) is 4.08.